The Morgan fingerprint density at radius 3 is 2.57 bits per heavy atom. The smallest absolute Gasteiger partial charge is 0.235 e. The van der Waals surface area contributed by atoms with E-state index in [1.54, 1.807) is 13.2 Å². The average Bonchev–Trinajstić information content (AvgIpc) is 3.29. The fourth-order valence-electron chi connectivity index (χ4n) is 4.42. The Morgan fingerprint density at radius 1 is 1.24 bits per heavy atom. The van der Waals surface area contributed by atoms with Crippen LogP contribution in [0.1, 0.15) is 42.1 Å². The number of hydrogen-bond donors (Lipinski definition) is 3. The van der Waals surface area contributed by atoms with Crippen molar-refractivity contribution in [3.8, 4) is 23.0 Å². The number of phenols is 2. The van der Waals surface area contributed by atoms with Crippen molar-refractivity contribution in [2.45, 2.75) is 26.2 Å². The summed E-state index contributed by atoms with van der Waals surface area (Å²) in [5, 5.41) is 28.2. The Bertz CT molecular complexity index is 1230. The number of aromatic hydroxyl groups is 2. The van der Waals surface area contributed by atoms with Gasteiger partial charge in [-0.25, -0.2) is 0 Å². The van der Waals surface area contributed by atoms with Crippen LogP contribution >= 0.6 is 0 Å². The number of benzene rings is 2. The summed E-state index contributed by atoms with van der Waals surface area (Å²) in [6, 6.07) is 8.48. The van der Waals surface area contributed by atoms with Crippen molar-refractivity contribution in [1.29, 1.82) is 0 Å². The highest BCUT2D eigenvalue weighted by Crippen LogP contribution is 2.43. The van der Waals surface area contributed by atoms with Gasteiger partial charge in [0.05, 0.1) is 7.11 Å². The van der Waals surface area contributed by atoms with E-state index in [2.05, 4.69) is 36.5 Å². The fourth-order valence-corrected chi connectivity index (χ4v) is 4.42. The number of aliphatic hydroxyl groups is 1. The van der Waals surface area contributed by atoms with Crippen molar-refractivity contribution < 1.29 is 29.6 Å². The number of ketones is 1. The molecule has 0 spiro atoms. The van der Waals surface area contributed by atoms with E-state index in [4.69, 9.17) is 14.6 Å². The molecule has 0 fully saturated rings. The van der Waals surface area contributed by atoms with Crippen LogP contribution in [0.4, 0.5) is 5.69 Å². The topological polar surface area (TPSA) is 103 Å². The minimum Gasteiger partial charge on any atom is -0.509 e. The zero-order chi connectivity index (χ0) is 27.3. The fraction of sp³-hybridized carbons (Fsp3) is 0.345. The van der Waals surface area contributed by atoms with E-state index in [9.17, 15) is 15.0 Å². The molecule has 198 valence electrons. The summed E-state index contributed by atoms with van der Waals surface area (Å²) in [6.07, 6.45) is 4.44. The first-order valence-electron chi connectivity index (χ1n) is 12.1. The standard InChI is InChI=1S/C23H26N2O5.C6H10O/c1-24(2)7-4-8-25-13-14(17-12-16(29-3)5-6-18(17)25)9-21-23(28)22-19(27)10-15(26)11-20(22)30-21;1-5(2)4-6(3)7/h5-6,9-12,14,26-27H,4,7-8,13H2,1-3H3;4,7H,3H2,1-2H3/b21-9-;. The Kier molecular flexibility index (Phi) is 8.89. The molecule has 0 saturated carbocycles. The van der Waals surface area contributed by atoms with Gasteiger partial charge < -0.3 is 34.6 Å². The second-order valence-electron chi connectivity index (χ2n) is 9.65. The first-order valence-corrected chi connectivity index (χ1v) is 12.1. The van der Waals surface area contributed by atoms with Gasteiger partial charge in [-0.15, -0.1) is 0 Å². The predicted molar refractivity (Wildman–Crippen MR) is 145 cm³/mol. The highest BCUT2D eigenvalue weighted by Gasteiger charge is 2.34. The Hall–Kier alpha value is -3.91. The number of rotatable bonds is 7. The molecule has 8 nitrogen and oxygen atoms in total. The molecule has 0 bridgehead atoms. The molecule has 4 rings (SSSR count). The van der Waals surface area contributed by atoms with Crippen LogP contribution < -0.4 is 14.4 Å². The third-order valence-corrected chi connectivity index (χ3v) is 5.97. The molecule has 2 aromatic rings. The zero-order valence-corrected chi connectivity index (χ0v) is 22.1. The quantitative estimate of drug-likeness (QED) is 0.268. The van der Waals surface area contributed by atoms with Crippen LogP contribution in [0.2, 0.25) is 0 Å². The van der Waals surface area contributed by atoms with Crippen molar-refractivity contribution in [2.24, 2.45) is 0 Å². The van der Waals surface area contributed by atoms with Gasteiger partial charge in [-0.05, 0) is 76.8 Å². The number of methoxy groups -OCH3 is 1. The average molecular weight is 509 g/mol. The Labute approximate surface area is 218 Å². The van der Waals surface area contributed by atoms with E-state index in [-0.39, 0.29) is 46.0 Å². The molecule has 2 aromatic carbocycles. The number of carbonyl (C=O) groups is 1. The maximum atomic E-state index is 12.8. The molecule has 3 N–H and O–H groups in total. The second-order valence-corrected chi connectivity index (χ2v) is 9.65. The molecule has 2 heterocycles. The zero-order valence-electron chi connectivity index (χ0n) is 22.1. The van der Waals surface area contributed by atoms with Gasteiger partial charge in [0.2, 0.25) is 5.78 Å². The van der Waals surface area contributed by atoms with Gasteiger partial charge >= 0.3 is 0 Å². The van der Waals surface area contributed by atoms with Crippen LogP contribution in [-0.2, 0) is 0 Å². The Morgan fingerprint density at radius 2 is 1.97 bits per heavy atom. The van der Waals surface area contributed by atoms with Crippen LogP contribution in [-0.4, -0.2) is 66.8 Å². The lowest BCUT2D eigenvalue weighted by atomic mass is 9.99. The predicted octanol–water partition coefficient (Wildman–Crippen LogP) is 5.15. The van der Waals surface area contributed by atoms with Gasteiger partial charge in [0.1, 0.15) is 34.3 Å². The summed E-state index contributed by atoms with van der Waals surface area (Å²) < 4.78 is 11.1. The lowest BCUT2D eigenvalue weighted by molar-refractivity contribution is 0.101. The lowest BCUT2D eigenvalue weighted by Gasteiger charge is -2.21. The maximum absolute atomic E-state index is 12.8. The molecule has 0 radical (unpaired) electrons. The molecular weight excluding hydrogens is 472 g/mol. The van der Waals surface area contributed by atoms with Crippen LogP contribution in [0.3, 0.4) is 0 Å². The van der Waals surface area contributed by atoms with Crippen molar-refractivity contribution in [2.75, 3.05) is 45.7 Å². The number of Topliss-reactive ketones (excluding diaryl/α,β-unsaturated/α-hetero) is 1. The highest BCUT2D eigenvalue weighted by atomic mass is 16.5. The molecule has 1 unspecified atom stereocenters. The number of hydrogen-bond acceptors (Lipinski definition) is 8. The molecule has 2 aliphatic rings. The molecule has 0 aromatic heterocycles. The maximum Gasteiger partial charge on any atom is 0.235 e. The summed E-state index contributed by atoms with van der Waals surface area (Å²) in [5.74, 6) is 0.365. The number of ether oxygens (including phenoxy) is 2. The van der Waals surface area contributed by atoms with Gasteiger partial charge in [0.15, 0.2) is 5.76 Å². The van der Waals surface area contributed by atoms with Gasteiger partial charge in [-0.2, -0.15) is 0 Å². The summed E-state index contributed by atoms with van der Waals surface area (Å²) in [7, 11) is 5.75. The van der Waals surface area contributed by atoms with E-state index >= 15 is 0 Å². The molecule has 0 aliphatic carbocycles. The first kappa shape index (κ1) is 27.7. The molecule has 0 amide bonds. The largest absolute Gasteiger partial charge is 0.509 e. The molecule has 8 heteroatoms. The van der Waals surface area contributed by atoms with Crippen molar-refractivity contribution in [3.63, 3.8) is 0 Å². The van der Waals surface area contributed by atoms with Crippen molar-refractivity contribution in [3.05, 3.63) is 77.3 Å². The summed E-state index contributed by atoms with van der Waals surface area (Å²) in [5.41, 5.74) is 3.35. The number of carbonyl (C=O) groups excluding carboxylic acids is 1. The third kappa shape index (κ3) is 6.86. The van der Waals surface area contributed by atoms with E-state index in [1.807, 2.05) is 32.1 Å². The normalized spacial score (nSPS) is 16.6. The van der Waals surface area contributed by atoms with Crippen molar-refractivity contribution in [1.82, 2.24) is 4.90 Å². The van der Waals surface area contributed by atoms with Crippen LogP contribution in [0.5, 0.6) is 23.0 Å². The van der Waals surface area contributed by atoms with E-state index < -0.39 is 0 Å². The minimum absolute atomic E-state index is 0.0570. The van der Waals surface area contributed by atoms with Crippen LogP contribution in [0.15, 0.2) is 66.2 Å². The molecule has 2 aliphatic heterocycles. The minimum atomic E-state index is -0.377. The Balaban J connectivity index is 0.000000479. The van der Waals surface area contributed by atoms with Crippen LogP contribution in [0.25, 0.3) is 0 Å². The number of nitrogens with zero attached hydrogens (tertiary/aromatic N) is 2. The van der Waals surface area contributed by atoms with Gasteiger partial charge in [0, 0.05) is 36.8 Å². The monoisotopic (exact) mass is 508 g/mol. The highest BCUT2D eigenvalue weighted by molar-refractivity contribution is 6.14. The van der Waals surface area contributed by atoms with Gasteiger partial charge in [-0.3, -0.25) is 4.79 Å². The summed E-state index contributed by atoms with van der Waals surface area (Å²) in [6.45, 7) is 9.71. The molecule has 0 saturated heterocycles. The van der Waals surface area contributed by atoms with Crippen LogP contribution in [0, 0.1) is 0 Å². The van der Waals surface area contributed by atoms with E-state index in [1.165, 1.54) is 6.07 Å². The number of fused-ring (bicyclic) bond motifs is 2. The molecule has 37 heavy (non-hydrogen) atoms. The summed E-state index contributed by atoms with van der Waals surface area (Å²) >= 11 is 0. The number of anilines is 1. The van der Waals surface area contributed by atoms with Gasteiger partial charge in [0.25, 0.3) is 0 Å². The lowest BCUT2D eigenvalue weighted by Crippen LogP contribution is -2.26. The SMILES string of the molecule is C=C(O)C=C(C)C.COc1ccc2c(c1)C(/C=C1\Oc3cc(O)cc(O)c3C1=O)CN2CCCN(C)C. The number of phenolic OH excluding ortho intramolecular Hbond substituents is 2. The van der Waals surface area contributed by atoms with Gasteiger partial charge in [-0.1, -0.05) is 12.2 Å². The molecular formula is C29H36N2O6. The number of allylic oxidation sites excluding steroid dienone is 3. The third-order valence-electron chi connectivity index (χ3n) is 5.97. The first-order chi connectivity index (χ1) is 17.5. The summed E-state index contributed by atoms with van der Waals surface area (Å²) in [4.78, 5) is 17.3. The molecule has 1 atom stereocenters. The van der Waals surface area contributed by atoms with Crippen molar-refractivity contribution >= 4 is 11.5 Å². The van der Waals surface area contributed by atoms with E-state index in [0.29, 0.717) is 0 Å². The second kappa shape index (κ2) is 11.9. The number of aliphatic hydroxyl groups excluding tert-OH is 1. The van der Waals surface area contributed by atoms with E-state index in [0.717, 1.165) is 54.7 Å².